The second-order valence-electron chi connectivity index (χ2n) is 10.0. The second kappa shape index (κ2) is 10.9. The van der Waals surface area contributed by atoms with Crippen molar-refractivity contribution in [1.29, 1.82) is 0 Å². The van der Waals surface area contributed by atoms with Crippen molar-refractivity contribution >= 4 is 23.4 Å². The van der Waals surface area contributed by atoms with Crippen LogP contribution in [0.2, 0.25) is 0 Å². The molecule has 4 rings (SSSR count). The number of ether oxygens (including phenoxy) is 2. The Hall–Kier alpha value is -3.79. The van der Waals surface area contributed by atoms with Crippen molar-refractivity contribution < 1.29 is 19.1 Å². The zero-order valence-electron chi connectivity index (χ0n) is 21.4. The average molecular weight is 488 g/mol. The number of nitrogens with zero attached hydrogens (tertiary/aromatic N) is 2. The van der Waals surface area contributed by atoms with Crippen LogP contribution >= 0.6 is 0 Å². The van der Waals surface area contributed by atoms with E-state index in [4.69, 9.17) is 14.5 Å². The molecule has 0 saturated carbocycles. The number of imidazole rings is 1. The summed E-state index contributed by atoms with van der Waals surface area (Å²) in [6.07, 6.45) is 4.24. The molecular formula is C29H33N3O4. The van der Waals surface area contributed by atoms with Crippen LogP contribution in [0.5, 0.6) is 5.75 Å². The second-order valence-corrected chi connectivity index (χ2v) is 10.0. The third-order valence-electron chi connectivity index (χ3n) is 5.95. The van der Waals surface area contributed by atoms with Gasteiger partial charge in [-0.05, 0) is 76.4 Å². The predicted molar refractivity (Wildman–Crippen MR) is 139 cm³/mol. The molecule has 7 heteroatoms. The van der Waals surface area contributed by atoms with Gasteiger partial charge in [-0.2, -0.15) is 0 Å². The number of rotatable bonds is 6. The number of amides is 1. The minimum absolute atomic E-state index is 0.144. The van der Waals surface area contributed by atoms with Crippen LogP contribution in [0, 0.1) is 11.8 Å². The smallest absolute Gasteiger partial charge is 0.410 e. The van der Waals surface area contributed by atoms with Crippen LogP contribution in [-0.4, -0.2) is 46.0 Å². The molecule has 0 bridgehead atoms. The Balaban J connectivity index is 1.53. The average Bonchev–Trinajstić information content (AvgIpc) is 3.49. The molecule has 1 aliphatic heterocycles. The quantitative estimate of drug-likeness (QED) is 0.261. The number of hydrogen-bond acceptors (Lipinski definition) is 5. The molecule has 1 saturated heterocycles. The van der Waals surface area contributed by atoms with E-state index < -0.39 is 5.60 Å². The van der Waals surface area contributed by atoms with Gasteiger partial charge in [0.05, 0.1) is 23.7 Å². The Morgan fingerprint density at radius 2 is 2.06 bits per heavy atom. The summed E-state index contributed by atoms with van der Waals surface area (Å²) in [5.74, 6) is 7.68. The maximum atomic E-state index is 12.7. The normalized spacial score (nSPS) is 15.4. The largest absolute Gasteiger partial charge is 0.494 e. The number of aromatic nitrogens is 2. The Labute approximate surface area is 212 Å². The number of aromatic amines is 1. The van der Waals surface area contributed by atoms with E-state index in [1.807, 2.05) is 51.1 Å². The standard InChI is InChI=1S/C29H33N3O4/c1-5-6-16-35-23-13-12-21(22(18-23)19-33)11-9-20-10-14-24-25(17-20)31-27(30-24)26-8-7-15-32(26)28(34)36-29(2,3)4/h10,12-14,17-19,26H,5-8,15-16H2,1-4H3,(H,30,31)/t26-/m0/s1. The first-order valence-electron chi connectivity index (χ1n) is 12.5. The highest BCUT2D eigenvalue weighted by Gasteiger charge is 2.34. The molecule has 188 valence electrons. The van der Waals surface area contributed by atoms with Crippen LogP contribution in [-0.2, 0) is 4.74 Å². The van der Waals surface area contributed by atoms with Gasteiger partial charge in [0.25, 0.3) is 0 Å². The summed E-state index contributed by atoms with van der Waals surface area (Å²) in [7, 11) is 0. The summed E-state index contributed by atoms with van der Waals surface area (Å²) >= 11 is 0. The van der Waals surface area contributed by atoms with E-state index in [-0.39, 0.29) is 12.1 Å². The molecule has 36 heavy (non-hydrogen) atoms. The topological polar surface area (TPSA) is 84.5 Å². The molecule has 2 aromatic carbocycles. The number of nitrogens with one attached hydrogen (secondary N) is 1. The van der Waals surface area contributed by atoms with Crippen molar-refractivity contribution in [3.05, 3.63) is 58.9 Å². The number of aldehydes is 1. The highest BCUT2D eigenvalue weighted by Crippen LogP contribution is 2.32. The Bertz CT molecular complexity index is 1310. The maximum Gasteiger partial charge on any atom is 0.410 e. The van der Waals surface area contributed by atoms with E-state index in [0.717, 1.165) is 54.4 Å². The third kappa shape index (κ3) is 6.06. The molecule has 1 fully saturated rings. The van der Waals surface area contributed by atoms with Crippen molar-refractivity contribution in [2.45, 2.75) is 65.0 Å². The first-order chi connectivity index (χ1) is 17.3. The van der Waals surface area contributed by atoms with E-state index in [1.165, 1.54) is 0 Å². The molecule has 2 heterocycles. The van der Waals surface area contributed by atoms with E-state index in [2.05, 4.69) is 23.7 Å². The van der Waals surface area contributed by atoms with Gasteiger partial charge >= 0.3 is 6.09 Å². The molecule has 0 aliphatic carbocycles. The fraction of sp³-hybridized carbons (Fsp3) is 0.414. The van der Waals surface area contributed by atoms with E-state index in [9.17, 15) is 9.59 Å². The minimum Gasteiger partial charge on any atom is -0.494 e. The van der Waals surface area contributed by atoms with Crippen molar-refractivity contribution in [3.8, 4) is 17.6 Å². The molecule has 3 aromatic rings. The van der Waals surface area contributed by atoms with Crippen molar-refractivity contribution in [3.63, 3.8) is 0 Å². The predicted octanol–water partition coefficient (Wildman–Crippen LogP) is 6.03. The summed E-state index contributed by atoms with van der Waals surface area (Å²) in [4.78, 5) is 34.2. The highest BCUT2D eigenvalue weighted by atomic mass is 16.6. The lowest BCUT2D eigenvalue weighted by molar-refractivity contribution is 0.0219. The van der Waals surface area contributed by atoms with Gasteiger partial charge in [-0.25, -0.2) is 9.78 Å². The number of carbonyl (C=O) groups excluding carboxylic acids is 2. The fourth-order valence-electron chi connectivity index (χ4n) is 4.17. The number of fused-ring (bicyclic) bond motifs is 1. The van der Waals surface area contributed by atoms with Crippen LogP contribution in [0.1, 0.15) is 86.7 Å². The SMILES string of the molecule is CCCCOc1ccc(C#Cc2ccc3nc([C@@H]4CCCN4C(=O)OC(C)(C)C)[nH]c3c2)c(C=O)c1. The molecular weight excluding hydrogens is 454 g/mol. The summed E-state index contributed by atoms with van der Waals surface area (Å²) < 4.78 is 11.3. The van der Waals surface area contributed by atoms with Gasteiger partial charge in [-0.15, -0.1) is 0 Å². The van der Waals surface area contributed by atoms with Crippen LogP contribution in [0.4, 0.5) is 4.79 Å². The Morgan fingerprint density at radius 1 is 1.22 bits per heavy atom. The molecule has 0 radical (unpaired) electrons. The fourth-order valence-corrected chi connectivity index (χ4v) is 4.17. The maximum absolute atomic E-state index is 12.7. The van der Waals surface area contributed by atoms with Crippen LogP contribution < -0.4 is 4.74 Å². The molecule has 1 N–H and O–H groups in total. The molecule has 0 unspecified atom stereocenters. The molecule has 1 amide bonds. The van der Waals surface area contributed by atoms with Gasteiger partial charge in [0.1, 0.15) is 17.2 Å². The number of H-pyrrole nitrogens is 1. The summed E-state index contributed by atoms with van der Waals surface area (Å²) in [5.41, 5.74) is 3.07. The van der Waals surface area contributed by atoms with Crippen LogP contribution in [0.15, 0.2) is 36.4 Å². The number of benzene rings is 2. The van der Waals surface area contributed by atoms with E-state index in [0.29, 0.717) is 30.0 Å². The van der Waals surface area contributed by atoms with Crippen LogP contribution in [0.3, 0.4) is 0 Å². The first-order valence-corrected chi connectivity index (χ1v) is 12.5. The van der Waals surface area contributed by atoms with Crippen molar-refractivity contribution in [2.24, 2.45) is 0 Å². The Morgan fingerprint density at radius 3 is 2.81 bits per heavy atom. The van der Waals surface area contributed by atoms with Gasteiger partial charge in [-0.1, -0.05) is 25.2 Å². The first kappa shape index (κ1) is 25.3. The van der Waals surface area contributed by atoms with Gasteiger partial charge in [0, 0.05) is 23.2 Å². The summed E-state index contributed by atoms with van der Waals surface area (Å²) in [6, 6.07) is 11.0. The van der Waals surface area contributed by atoms with Gasteiger partial charge in [0.2, 0.25) is 0 Å². The number of likely N-dealkylation sites (tertiary alicyclic amines) is 1. The van der Waals surface area contributed by atoms with Gasteiger partial charge in [0.15, 0.2) is 6.29 Å². The molecule has 1 aliphatic rings. The zero-order valence-corrected chi connectivity index (χ0v) is 21.4. The van der Waals surface area contributed by atoms with E-state index >= 15 is 0 Å². The lowest BCUT2D eigenvalue weighted by atomic mass is 10.1. The van der Waals surface area contributed by atoms with Crippen LogP contribution in [0.25, 0.3) is 11.0 Å². The summed E-state index contributed by atoms with van der Waals surface area (Å²) in [6.45, 7) is 8.99. The summed E-state index contributed by atoms with van der Waals surface area (Å²) in [5, 5.41) is 0. The highest BCUT2D eigenvalue weighted by molar-refractivity contribution is 5.81. The molecule has 1 aromatic heterocycles. The molecule has 1 atom stereocenters. The van der Waals surface area contributed by atoms with Crippen molar-refractivity contribution in [1.82, 2.24) is 14.9 Å². The lowest BCUT2D eigenvalue weighted by Gasteiger charge is -2.27. The monoisotopic (exact) mass is 487 g/mol. The van der Waals surface area contributed by atoms with Gasteiger partial charge < -0.3 is 14.5 Å². The van der Waals surface area contributed by atoms with Crippen molar-refractivity contribution in [2.75, 3.05) is 13.2 Å². The lowest BCUT2D eigenvalue weighted by Crippen LogP contribution is -2.36. The van der Waals surface area contributed by atoms with E-state index in [1.54, 1.807) is 11.0 Å². The number of hydrogen-bond donors (Lipinski definition) is 1. The number of carbonyl (C=O) groups is 2. The molecule has 0 spiro atoms. The third-order valence-corrected chi connectivity index (χ3v) is 5.95. The minimum atomic E-state index is -0.544. The molecule has 7 nitrogen and oxygen atoms in total. The zero-order chi connectivity index (χ0) is 25.7. The Kier molecular flexibility index (Phi) is 7.64. The van der Waals surface area contributed by atoms with Gasteiger partial charge in [-0.3, -0.25) is 9.69 Å². The number of unbranched alkanes of at least 4 members (excludes halogenated alkanes) is 1.